The normalized spacial score (nSPS) is 11.0. The third-order valence-electron chi connectivity index (χ3n) is 4.13. The number of fused-ring (bicyclic) bond motifs is 1. The molecule has 1 heterocycles. The minimum Gasteiger partial charge on any atom is -0.494 e. The highest BCUT2D eigenvalue weighted by Crippen LogP contribution is 2.20. The van der Waals surface area contributed by atoms with Crippen LogP contribution in [0.15, 0.2) is 42.5 Å². The number of hydrogen-bond donors (Lipinski definition) is 1. The van der Waals surface area contributed by atoms with E-state index in [0.717, 1.165) is 54.2 Å². The van der Waals surface area contributed by atoms with Crippen molar-refractivity contribution in [2.24, 2.45) is 0 Å². The van der Waals surface area contributed by atoms with Gasteiger partial charge >= 0.3 is 0 Å². The van der Waals surface area contributed by atoms with Crippen LogP contribution in [0.1, 0.15) is 24.2 Å². The highest BCUT2D eigenvalue weighted by atomic mass is 16.5. The van der Waals surface area contributed by atoms with Gasteiger partial charge in [0.1, 0.15) is 11.6 Å². The van der Waals surface area contributed by atoms with Crippen LogP contribution in [0.5, 0.6) is 5.75 Å². The fourth-order valence-corrected chi connectivity index (χ4v) is 2.81. The van der Waals surface area contributed by atoms with Crippen molar-refractivity contribution in [2.45, 2.75) is 26.2 Å². The quantitative estimate of drug-likeness (QED) is 0.658. The summed E-state index contributed by atoms with van der Waals surface area (Å²) in [5.41, 5.74) is 4.68. The molecule has 4 heteroatoms. The zero-order valence-electron chi connectivity index (χ0n) is 14.7. The van der Waals surface area contributed by atoms with Crippen molar-refractivity contribution < 1.29 is 4.74 Å². The summed E-state index contributed by atoms with van der Waals surface area (Å²) in [4.78, 5) is 9.82. The van der Waals surface area contributed by atoms with Gasteiger partial charge in [-0.1, -0.05) is 12.1 Å². The number of H-pyrrole nitrogens is 1. The molecule has 1 aromatic heterocycles. The molecule has 0 saturated heterocycles. The van der Waals surface area contributed by atoms with Crippen LogP contribution >= 0.6 is 0 Å². The molecule has 3 rings (SSSR count). The van der Waals surface area contributed by atoms with Crippen molar-refractivity contribution in [3.05, 3.63) is 53.9 Å². The Labute approximate surface area is 143 Å². The number of unbranched alkanes of at least 4 members (excludes halogenated alkanes) is 1. The first-order chi connectivity index (χ1) is 11.6. The number of ether oxygens (including phenoxy) is 1. The molecule has 0 aliphatic heterocycles. The molecule has 0 atom stereocenters. The zero-order valence-corrected chi connectivity index (χ0v) is 14.7. The van der Waals surface area contributed by atoms with Crippen LogP contribution in [0.2, 0.25) is 0 Å². The molecule has 0 fully saturated rings. The summed E-state index contributed by atoms with van der Waals surface area (Å²) in [6.45, 7) is 2.74. The number of nitrogens with one attached hydrogen (secondary N) is 1. The molecule has 0 bridgehead atoms. The SMILES string of the molecule is Cc1nc2ccc(CCCCOc3cccc(N(C)C)c3)cc2[nH]1. The Kier molecular flexibility index (Phi) is 5.04. The zero-order chi connectivity index (χ0) is 16.9. The largest absolute Gasteiger partial charge is 0.494 e. The van der Waals surface area contributed by atoms with Gasteiger partial charge in [-0.25, -0.2) is 4.98 Å². The molecule has 0 spiro atoms. The van der Waals surface area contributed by atoms with Crippen molar-refractivity contribution >= 4 is 16.7 Å². The molecule has 0 aliphatic rings. The van der Waals surface area contributed by atoms with Gasteiger partial charge < -0.3 is 14.6 Å². The molecule has 24 heavy (non-hydrogen) atoms. The van der Waals surface area contributed by atoms with Crippen molar-refractivity contribution in [2.75, 3.05) is 25.6 Å². The molecule has 126 valence electrons. The average molecular weight is 323 g/mol. The van der Waals surface area contributed by atoms with Gasteiger partial charge in [-0.2, -0.15) is 0 Å². The molecular weight excluding hydrogens is 298 g/mol. The van der Waals surface area contributed by atoms with Crippen molar-refractivity contribution in [1.29, 1.82) is 0 Å². The fraction of sp³-hybridized carbons (Fsp3) is 0.350. The van der Waals surface area contributed by atoms with E-state index in [9.17, 15) is 0 Å². The van der Waals surface area contributed by atoms with Gasteiger partial charge in [0, 0.05) is 25.8 Å². The number of nitrogens with zero attached hydrogens (tertiary/aromatic N) is 2. The summed E-state index contributed by atoms with van der Waals surface area (Å²) in [5, 5.41) is 0. The van der Waals surface area contributed by atoms with E-state index in [1.807, 2.05) is 33.2 Å². The van der Waals surface area contributed by atoms with Gasteiger partial charge in [-0.3, -0.25) is 0 Å². The first kappa shape index (κ1) is 16.4. The summed E-state index contributed by atoms with van der Waals surface area (Å²) >= 11 is 0. The number of aromatic amines is 1. The summed E-state index contributed by atoms with van der Waals surface area (Å²) in [5.74, 6) is 1.91. The Morgan fingerprint density at radius 2 is 1.96 bits per heavy atom. The number of hydrogen-bond acceptors (Lipinski definition) is 3. The topological polar surface area (TPSA) is 41.1 Å². The van der Waals surface area contributed by atoms with Crippen LogP contribution in [0, 0.1) is 6.92 Å². The lowest BCUT2D eigenvalue weighted by atomic mass is 10.1. The molecule has 1 N–H and O–H groups in total. The van der Waals surface area contributed by atoms with Crippen LogP contribution in [0.4, 0.5) is 5.69 Å². The monoisotopic (exact) mass is 323 g/mol. The maximum atomic E-state index is 5.87. The van der Waals surface area contributed by atoms with E-state index in [0.29, 0.717) is 0 Å². The predicted octanol–water partition coefficient (Wildman–Crippen LogP) is 4.34. The predicted molar refractivity (Wildman–Crippen MR) is 100 cm³/mol. The molecule has 0 radical (unpaired) electrons. The molecule has 0 aliphatic carbocycles. The van der Waals surface area contributed by atoms with Crippen molar-refractivity contribution in [3.8, 4) is 5.75 Å². The number of benzene rings is 2. The van der Waals surface area contributed by atoms with Crippen LogP contribution in [-0.2, 0) is 6.42 Å². The minimum atomic E-state index is 0.752. The van der Waals surface area contributed by atoms with E-state index < -0.39 is 0 Å². The molecule has 3 aromatic rings. The molecule has 2 aromatic carbocycles. The molecule has 4 nitrogen and oxygen atoms in total. The third-order valence-corrected chi connectivity index (χ3v) is 4.13. The van der Waals surface area contributed by atoms with Crippen LogP contribution in [-0.4, -0.2) is 30.7 Å². The summed E-state index contributed by atoms with van der Waals surface area (Å²) in [6, 6.07) is 14.7. The van der Waals surface area contributed by atoms with Gasteiger partial charge in [0.05, 0.1) is 17.6 Å². The van der Waals surface area contributed by atoms with E-state index in [4.69, 9.17) is 4.74 Å². The lowest BCUT2D eigenvalue weighted by Gasteiger charge is -2.14. The Morgan fingerprint density at radius 3 is 2.79 bits per heavy atom. The van der Waals surface area contributed by atoms with Crippen molar-refractivity contribution in [1.82, 2.24) is 9.97 Å². The lowest BCUT2D eigenvalue weighted by Crippen LogP contribution is -2.08. The average Bonchev–Trinajstić information content (AvgIpc) is 2.94. The second-order valence-electron chi connectivity index (χ2n) is 6.37. The summed E-state index contributed by atoms with van der Waals surface area (Å²) in [7, 11) is 4.08. The second-order valence-corrected chi connectivity index (χ2v) is 6.37. The van der Waals surface area contributed by atoms with Gasteiger partial charge in [-0.15, -0.1) is 0 Å². The third kappa shape index (κ3) is 4.07. The van der Waals surface area contributed by atoms with E-state index >= 15 is 0 Å². The number of imidazole rings is 1. The summed E-state index contributed by atoms with van der Waals surface area (Å²) < 4.78 is 5.87. The van der Waals surface area contributed by atoms with Gasteiger partial charge in [0.25, 0.3) is 0 Å². The standard InChI is InChI=1S/C20H25N3O/c1-15-21-19-11-10-16(13-20(19)22-15)7-4-5-12-24-18-9-6-8-17(14-18)23(2)3/h6,8-11,13-14H,4-5,7,12H2,1-3H3,(H,21,22). The fourth-order valence-electron chi connectivity index (χ4n) is 2.81. The first-order valence-electron chi connectivity index (χ1n) is 8.47. The van der Waals surface area contributed by atoms with Gasteiger partial charge in [0.15, 0.2) is 0 Å². The lowest BCUT2D eigenvalue weighted by molar-refractivity contribution is 0.307. The maximum absolute atomic E-state index is 5.87. The van der Waals surface area contributed by atoms with Crippen LogP contribution in [0.3, 0.4) is 0 Å². The van der Waals surface area contributed by atoms with Crippen molar-refractivity contribution in [3.63, 3.8) is 0 Å². The number of aromatic nitrogens is 2. The molecule has 0 amide bonds. The number of aryl methyl sites for hydroxylation is 2. The number of anilines is 1. The molecular formula is C20H25N3O. The minimum absolute atomic E-state index is 0.752. The van der Waals surface area contributed by atoms with Crippen LogP contribution < -0.4 is 9.64 Å². The molecule has 0 unspecified atom stereocenters. The number of rotatable bonds is 7. The Hall–Kier alpha value is -2.49. The van der Waals surface area contributed by atoms with E-state index in [-0.39, 0.29) is 0 Å². The maximum Gasteiger partial charge on any atom is 0.121 e. The van der Waals surface area contributed by atoms with E-state index in [1.165, 1.54) is 5.56 Å². The second kappa shape index (κ2) is 7.39. The van der Waals surface area contributed by atoms with Crippen LogP contribution in [0.25, 0.3) is 11.0 Å². The Bertz CT molecular complexity index is 808. The summed E-state index contributed by atoms with van der Waals surface area (Å²) in [6.07, 6.45) is 3.23. The molecule has 0 saturated carbocycles. The van der Waals surface area contributed by atoms with E-state index in [2.05, 4.69) is 45.2 Å². The van der Waals surface area contributed by atoms with Gasteiger partial charge in [0.2, 0.25) is 0 Å². The Morgan fingerprint density at radius 1 is 1.08 bits per heavy atom. The smallest absolute Gasteiger partial charge is 0.121 e. The first-order valence-corrected chi connectivity index (χ1v) is 8.47. The highest BCUT2D eigenvalue weighted by molar-refractivity contribution is 5.75. The van der Waals surface area contributed by atoms with E-state index in [1.54, 1.807) is 0 Å². The van der Waals surface area contributed by atoms with Gasteiger partial charge in [-0.05, 0) is 56.0 Å². The Balaban J connectivity index is 1.45. The highest BCUT2D eigenvalue weighted by Gasteiger charge is 2.02.